The maximum atomic E-state index is 12.6. The molecule has 0 spiro atoms. The molecule has 0 N–H and O–H groups in total. The molecule has 0 amide bonds. The number of hydrogen-bond acceptors (Lipinski definition) is 3. The molecule has 0 fully saturated rings. The van der Waals surface area contributed by atoms with Crippen LogP contribution in [0.1, 0.15) is 37.6 Å². The van der Waals surface area contributed by atoms with Crippen LogP contribution in [0.25, 0.3) is 0 Å². The first kappa shape index (κ1) is 12.6. The quantitative estimate of drug-likeness (QED) is 0.801. The van der Waals surface area contributed by atoms with E-state index in [9.17, 15) is 4.79 Å². The zero-order valence-corrected chi connectivity index (χ0v) is 10.9. The van der Waals surface area contributed by atoms with Gasteiger partial charge in [-0.3, -0.25) is 4.79 Å². The molecule has 18 heavy (non-hydrogen) atoms. The number of benzene rings is 1. The van der Waals surface area contributed by atoms with Gasteiger partial charge in [0.15, 0.2) is 5.78 Å². The van der Waals surface area contributed by atoms with Crippen molar-refractivity contribution in [2.45, 2.75) is 32.8 Å². The van der Waals surface area contributed by atoms with Crippen LogP contribution in [-0.2, 0) is 0 Å². The summed E-state index contributed by atoms with van der Waals surface area (Å²) in [7, 11) is 0. The largest absolute Gasteiger partial charge is 0.486 e. The first-order valence-corrected chi connectivity index (χ1v) is 6.16. The van der Waals surface area contributed by atoms with Crippen molar-refractivity contribution in [3.05, 3.63) is 29.8 Å². The SMILES string of the molecule is CC(CC#N)C1C(=O)c2ccccc2OC1(C)C. The van der Waals surface area contributed by atoms with Crippen LogP contribution in [-0.4, -0.2) is 11.4 Å². The highest BCUT2D eigenvalue weighted by atomic mass is 16.5. The van der Waals surface area contributed by atoms with Crippen molar-refractivity contribution in [1.29, 1.82) is 5.26 Å². The lowest BCUT2D eigenvalue weighted by Gasteiger charge is -2.41. The van der Waals surface area contributed by atoms with E-state index in [1.54, 1.807) is 6.07 Å². The Morgan fingerprint density at radius 1 is 1.44 bits per heavy atom. The normalized spacial score (nSPS) is 22.6. The van der Waals surface area contributed by atoms with Crippen LogP contribution in [0.4, 0.5) is 0 Å². The number of hydrogen-bond donors (Lipinski definition) is 0. The van der Waals surface area contributed by atoms with Gasteiger partial charge in [0.1, 0.15) is 11.4 Å². The van der Waals surface area contributed by atoms with Crippen LogP contribution in [0.2, 0.25) is 0 Å². The molecule has 2 rings (SSSR count). The third kappa shape index (κ3) is 1.99. The van der Waals surface area contributed by atoms with E-state index in [-0.39, 0.29) is 17.6 Å². The van der Waals surface area contributed by atoms with Crippen molar-refractivity contribution >= 4 is 5.78 Å². The van der Waals surface area contributed by atoms with Gasteiger partial charge in [-0.2, -0.15) is 5.26 Å². The number of rotatable bonds is 2. The molecule has 1 aliphatic heterocycles. The van der Waals surface area contributed by atoms with E-state index in [1.165, 1.54) is 0 Å². The van der Waals surface area contributed by atoms with Crippen molar-refractivity contribution in [3.63, 3.8) is 0 Å². The predicted molar refractivity (Wildman–Crippen MR) is 68.4 cm³/mol. The average Bonchev–Trinajstić information content (AvgIpc) is 2.28. The monoisotopic (exact) mass is 243 g/mol. The molecule has 0 radical (unpaired) electrons. The highest BCUT2D eigenvalue weighted by Crippen LogP contribution is 2.40. The molecule has 2 atom stereocenters. The molecule has 1 aliphatic rings. The number of Topliss-reactive ketones (excluding diaryl/α,β-unsaturated/α-hetero) is 1. The van der Waals surface area contributed by atoms with E-state index in [4.69, 9.17) is 10.00 Å². The minimum absolute atomic E-state index is 0.00847. The third-order valence-electron chi connectivity index (χ3n) is 3.54. The van der Waals surface area contributed by atoms with Gasteiger partial charge in [0.25, 0.3) is 0 Å². The Hall–Kier alpha value is -1.82. The van der Waals surface area contributed by atoms with E-state index in [2.05, 4.69) is 6.07 Å². The van der Waals surface area contributed by atoms with Crippen molar-refractivity contribution in [3.8, 4) is 11.8 Å². The van der Waals surface area contributed by atoms with Gasteiger partial charge in [-0.15, -0.1) is 0 Å². The standard InChI is InChI=1S/C15H17NO2/c1-10(8-9-16)13-14(17)11-6-4-5-7-12(11)18-15(13,2)3/h4-7,10,13H,8H2,1-3H3. The molecule has 0 bridgehead atoms. The average molecular weight is 243 g/mol. The fourth-order valence-corrected chi connectivity index (χ4v) is 2.79. The second kappa shape index (κ2) is 4.45. The van der Waals surface area contributed by atoms with Crippen molar-refractivity contribution in [1.82, 2.24) is 0 Å². The molecule has 94 valence electrons. The lowest BCUT2D eigenvalue weighted by atomic mass is 9.73. The lowest BCUT2D eigenvalue weighted by molar-refractivity contribution is 0.00918. The highest BCUT2D eigenvalue weighted by Gasteiger charge is 2.45. The van der Waals surface area contributed by atoms with Gasteiger partial charge in [-0.05, 0) is 31.9 Å². The minimum Gasteiger partial charge on any atom is -0.486 e. The molecule has 1 aromatic rings. The molecule has 0 saturated carbocycles. The molecular formula is C15H17NO2. The first-order chi connectivity index (χ1) is 8.47. The van der Waals surface area contributed by atoms with Crippen molar-refractivity contribution in [2.24, 2.45) is 11.8 Å². The molecule has 2 unspecified atom stereocenters. The third-order valence-corrected chi connectivity index (χ3v) is 3.54. The van der Waals surface area contributed by atoms with Gasteiger partial charge in [-0.1, -0.05) is 19.1 Å². The van der Waals surface area contributed by atoms with E-state index in [1.807, 2.05) is 39.0 Å². The number of nitriles is 1. The summed E-state index contributed by atoms with van der Waals surface area (Å²) in [6.45, 7) is 5.77. The molecule has 0 aromatic heterocycles. The zero-order chi connectivity index (χ0) is 13.3. The highest BCUT2D eigenvalue weighted by molar-refractivity contribution is 6.02. The summed E-state index contributed by atoms with van der Waals surface area (Å²) in [5.74, 6) is 0.454. The summed E-state index contributed by atoms with van der Waals surface area (Å²) in [5.41, 5.74) is 0.0634. The van der Waals surface area contributed by atoms with E-state index in [0.29, 0.717) is 17.7 Å². The summed E-state index contributed by atoms with van der Waals surface area (Å²) in [6, 6.07) is 9.45. The second-order valence-electron chi connectivity index (χ2n) is 5.38. The number of carbonyl (C=O) groups is 1. The number of nitrogens with zero attached hydrogens (tertiary/aromatic N) is 1. The molecule has 1 heterocycles. The Bertz CT molecular complexity index is 513. The maximum absolute atomic E-state index is 12.6. The fraction of sp³-hybridized carbons (Fsp3) is 0.467. The Morgan fingerprint density at radius 3 is 2.78 bits per heavy atom. The molecule has 3 nitrogen and oxygen atoms in total. The molecule has 0 saturated heterocycles. The number of para-hydroxylation sites is 1. The minimum atomic E-state index is -0.568. The van der Waals surface area contributed by atoms with Gasteiger partial charge >= 0.3 is 0 Å². The number of ether oxygens (including phenoxy) is 1. The first-order valence-electron chi connectivity index (χ1n) is 6.16. The smallest absolute Gasteiger partial charge is 0.173 e. The van der Waals surface area contributed by atoms with E-state index >= 15 is 0 Å². The second-order valence-corrected chi connectivity index (χ2v) is 5.38. The Morgan fingerprint density at radius 2 is 2.11 bits per heavy atom. The summed E-state index contributed by atoms with van der Waals surface area (Å²) in [5, 5.41) is 8.82. The lowest BCUT2D eigenvalue weighted by Crippen LogP contribution is -2.48. The molecule has 3 heteroatoms. The molecule has 1 aromatic carbocycles. The molecular weight excluding hydrogens is 226 g/mol. The van der Waals surface area contributed by atoms with Crippen molar-refractivity contribution < 1.29 is 9.53 Å². The summed E-state index contributed by atoms with van der Waals surface area (Å²) in [6.07, 6.45) is 0.366. The Balaban J connectivity index is 2.44. The summed E-state index contributed by atoms with van der Waals surface area (Å²) in [4.78, 5) is 12.6. The number of fused-ring (bicyclic) bond motifs is 1. The van der Waals surface area contributed by atoms with E-state index < -0.39 is 5.60 Å². The van der Waals surface area contributed by atoms with Crippen molar-refractivity contribution in [2.75, 3.05) is 0 Å². The van der Waals surface area contributed by atoms with E-state index in [0.717, 1.165) is 0 Å². The summed E-state index contributed by atoms with van der Waals surface area (Å²) >= 11 is 0. The van der Waals surface area contributed by atoms with Crippen LogP contribution < -0.4 is 4.74 Å². The van der Waals surface area contributed by atoms with Gasteiger partial charge in [-0.25, -0.2) is 0 Å². The number of carbonyl (C=O) groups excluding carboxylic acids is 1. The topological polar surface area (TPSA) is 50.1 Å². The van der Waals surface area contributed by atoms with Gasteiger partial charge in [0, 0.05) is 6.42 Å². The van der Waals surface area contributed by atoms with Crippen LogP contribution >= 0.6 is 0 Å². The Labute approximate surface area is 107 Å². The number of ketones is 1. The van der Waals surface area contributed by atoms with Crippen LogP contribution in [0.5, 0.6) is 5.75 Å². The fourth-order valence-electron chi connectivity index (χ4n) is 2.79. The zero-order valence-electron chi connectivity index (χ0n) is 10.9. The van der Waals surface area contributed by atoms with Gasteiger partial charge in [0.05, 0.1) is 17.6 Å². The molecule has 0 aliphatic carbocycles. The van der Waals surface area contributed by atoms with Crippen LogP contribution in [0.15, 0.2) is 24.3 Å². The Kier molecular flexibility index (Phi) is 3.13. The maximum Gasteiger partial charge on any atom is 0.173 e. The van der Waals surface area contributed by atoms with Gasteiger partial charge < -0.3 is 4.74 Å². The van der Waals surface area contributed by atoms with Crippen LogP contribution in [0.3, 0.4) is 0 Å². The van der Waals surface area contributed by atoms with Gasteiger partial charge in [0.2, 0.25) is 0 Å². The van der Waals surface area contributed by atoms with Crippen LogP contribution in [0, 0.1) is 23.2 Å². The predicted octanol–water partition coefficient (Wildman–Crippen LogP) is 3.21. The summed E-state index contributed by atoms with van der Waals surface area (Å²) < 4.78 is 5.94.